The van der Waals surface area contributed by atoms with E-state index in [0.29, 0.717) is 6.42 Å². The molecule has 0 aliphatic carbocycles. The molecule has 1 aromatic rings. The first-order chi connectivity index (χ1) is 6.02. The van der Waals surface area contributed by atoms with Gasteiger partial charge in [-0.2, -0.15) is 0 Å². The minimum atomic E-state index is -1.21. The van der Waals surface area contributed by atoms with E-state index in [1.54, 1.807) is 0 Å². The lowest BCUT2D eigenvalue weighted by Crippen LogP contribution is -2.30. The van der Waals surface area contributed by atoms with E-state index < -0.39 is 10.8 Å². The minimum Gasteiger partial charge on any atom is -0.480 e. The number of hydrogen-bond acceptors (Lipinski definition) is 1. The highest BCUT2D eigenvalue weighted by Crippen LogP contribution is 2.20. The number of rotatable bonds is 3. The van der Waals surface area contributed by atoms with E-state index in [4.69, 9.17) is 16.7 Å². The van der Waals surface area contributed by atoms with Gasteiger partial charge in [-0.05, 0) is 12.5 Å². The molecule has 1 rings (SSSR count). The van der Waals surface area contributed by atoms with Crippen LogP contribution in [0, 0.1) is 0 Å². The Kier molecular flexibility index (Phi) is 2.94. The van der Waals surface area contributed by atoms with Crippen molar-refractivity contribution in [3.8, 4) is 0 Å². The monoisotopic (exact) mass is 198 g/mol. The Morgan fingerprint density at radius 1 is 1.46 bits per heavy atom. The van der Waals surface area contributed by atoms with Gasteiger partial charge < -0.3 is 5.11 Å². The zero-order chi connectivity index (χ0) is 9.90. The second-order valence-corrected chi connectivity index (χ2v) is 4.00. The van der Waals surface area contributed by atoms with E-state index >= 15 is 0 Å². The molecule has 0 unspecified atom stereocenters. The van der Waals surface area contributed by atoms with Gasteiger partial charge in [-0.15, -0.1) is 11.6 Å². The summed E-state index contributed by atoms with van der Waals surface area (Å²) in [5.41, 5.74) is 0.933. The van der Waals surface area contributed by atoms with Gasteiger partial charge in [0.2, 0.25) is 0 Å². The SMILES string of the molecule is C[C@@](Cl)(Cc1ccccc1)C(=O)O. The molecule has 70 valence electrons. The average molecular weight is 199 g/mol. The summed E-state index contributed by atoms with van der Waals surface area (Å²) in [7, 11) is 0. The first-order valence-corrected chi connectivity index (χ1v) is 4.36. The predicted octanol–water partition coefficient (Wildman–Crippen LogP) is 2.31. The zero-order valence-corrected chi connectivity index (χ0v) is 8.08. The maximum Gasteiger partial charge on any atom is 0.324 e. The molecule has 0 radical (unpaired) electrons. The average Bonchev–Trinajstić information content (AvgIpc) is 2.05. The van der Waals surface area contributed by atoms with Crippen LogP contribution >= 0.6 is 11.6 Å². The summed E-state index contributed by atoms with van der Waals surface area (Å²) in [6.07, 6.45) is 0.338. The van der Waals surface area contributed by atoms with E-state index in [2.05, 4.69) is 0 Å². The van der Waals surface area contributed by atoms with Crippen molar-refractivity contribution >= 4 is 17.6 Å². The van der Waals surface area contributed by atoms with Crippen molar-refractivity contribution in [2.24, 2.45) is 0 Å². The van der Waals surface area contributed by atoms with Crippen molar-refractivity contribution in [1.82, 2.24) is 0 Å². The van der Waals surface area contributed by atoms with Gasteiger partial charge >= 0.3 is 5.97 Å². The molecule has 0 fully saturated rings. The lowest BCUT2D eigenvalue weighted by atomic mass is 10.0. The van der Waals surface area contributed by atoms with E-state index in [1.165, 1.54) is 6.92 Å². The normalized spacial score (nSPS) is 14.9. The second-order valence-electron chi connectivity index (χ2n) is 3.16. The number of carbonyl (C=O) groups is 1. The first kappa shape index (κ1) is 10.1. The fourth-order valence-corrected chi connectivity index (χ4v) is 1.21. The van der Waals surface area contributed by atoms with Crippen molar-refractivity contribution in [1.29, 1.82) is 0 Å². The minimum absolute atomic E-state index is 0.338. The number of hydrogen-bond donors (Lipinski definition) is 1. The van der Waals surface area contributed by atoms with Crippen LogP contribution in [-0.4, -0.2) is 16.0 Å². The highest BCUT2D eigenvalue weighted by Gasteiger charge is 2.30. The quantitative estimate of drug-likeness (QED) is 0.757. The molecule has 0 spiro atoms. The molecule has 1 aromatic carbocycles. The van der Waals surface area contributed by atoms with Gasteiger partial charge in [0.15, 0.2) is 0 Å². The van der Waals surface area contributed by atoms with Crippen molar-refractivity contribution in [3.63, 3.8) is 0 Å². The molecule has 0 aliphatic rings. The molecule has 0 saturated heterocycles. The van der Waals surface area contributed by atoms with Crippen LogP contribution in [0.5, 0.6) is 0 Å². The van der Waals surface area contributed by atoms with E-state index in [9.17, 15) is 4.79 Å². The molecular formula is C10H11ClO2. The van der Waals surface area contributed by atoms with Crippen LogP contribution in [0.15, 0.2) is 30.3 Å². The van der Waals surface area contributed by atoms with Crippen molar-refractivity contribution in [2.75, 3.05) is 0 Å². The largest absolute Gasteiger partial charge is 0.480 e. The van der Waals surface area contributed by atoms with Gasteiger partial charge in [0, 0.05) is 6.42 Å². The summed E-state index contributed by atoms with van der Waals surface area (Å²) < 4.78 is 0. The van der Waals surface area contributed by atoms with Gasteiger partial charge in [0.1, 0.15) is 4.87 Å². The summed E-state index contributed by atoms with van der Waals surface area (Å²) in [6.45, 7) is 1.50. The fourth-order valence-electron chi connectivity index (χ4n) is 1.05. The third-order valence-corrected chi connectivity index (χ3v) is 2.12. The summed E-state index contributed by atoms with van der Waals surface area (Å²) in [5.74, 6) is -0.988. The Hall–Kier alpha value is -1.02. The highest BCUT2D eigenvalue weighted by molar-refractivity contribution is 6.33. The van der Waals surface area contributed by atoms with Crippen LogP contribution in [0.1, 0.15) is 12.5 Å². The maximum atomic E-state index is 10.7. The molecule has 0 aromatic heterocycles. The molecule has 1 N–H and O–H groups in total. The number of halogens is 1. The summed E-state index contributed by atoms with van der Waals surface area (Å²) in [6, 6.07) is 9.34. The standard InChI is InChI=1S/C10H11ClO2/c1-10(11,9(12)13)7-8-5-3-2-4-6-8/h2-6H,7H2,1H3,(H,12,13)/t10-/m1/s1. The smallest absolute Gasteiger partial charge is 0.324 e. The van der Waals surface area contributed by atoms with Crippen molar-refractivity contribution in [3.05, 3.63) is 35.9 Å². The van der Waals surface area contributed by atoms with Gasteiger partial charge in [-0.3, -0.25) is 4.79 Å². The molecule has 0 heterocycles. The molecule has 0 aliphatic heterocycles. The molecule has 0 saturated carbocycles. The summed E-state index contributed by atoms with van der Waals surface area (Å²) in [4.78, 5) is 9.49. The second kappa shape index (κ2) is 3.79. The van der Waals surface area contributed by atoms with Gasteiger partial charge in [0.25, 0.3) is 0 Å². The molecule has 1 atom stereocenters. The Balaban J connectivity index is 2.75. The van der Waals surface area contributed by atoms with Crippen LogP contribution in [-0.2, 0) is 11.2 Å². The van der Waals surface area contributed by atoms with Crippen molar-refractivity contribution < 1.29 is 9.90 Å². The lowest BCUT2D eigenvalue weighted by molar-refractivity contribution is -0.139. The Morgan fingerprint density at radius 2 is 2.00 bits per heavy atom. The highest BCUT2D eigenvalue weighted by atomic mass is 35.5. The fraction of sp³-hybridized carbons (Fsp3) is 0.300. The first-order valence-electron chi connectivity index (χ1n) is 3.98. The number of carboxylic acids is 1. The van der Waals surface area contributed by atoms with Crippen LogP contribution < -0.4 is 0 Å². The molecule has 13 heavy (non-hydrogen) atoms. The van der Waals surface area contributed by atoms with E-state index in [-0.39, 0.29) is 0 Å². The van der Waals surface area contributed by atoms with Gasteiger partial charge in [0.05, 0.1) is 0 Å². The molecular weight excluding hydrogens is 188 g/mol. The van der Waals surface area contributed by atoms with E-state index in [0.717, 1.165) is 5.56 Å². The number of benzene rings is 1. The predicted molar refractivity (Wildman–Crippen MR) is 52.0 cm³/mol. The Bertz CT molecular complexity index is 293. The van der Waals surface area contributed by atoms with Crippen LogP contribution in [0.4, 0.5) is 0 Å². The third kappa shape index (κ3) is 2.74. The molecule has 2 nitrogen and oxygen atoms in total. The summed E-state index contributed by atoms with van der Waals surface area (Å²) >= 11 is 5.81. The van der Waals surface area contributed by atoms with Crippen LogP contribution in [0.25, 0.3) is 0 Å². The zero-order valence-electron chi connectivity index (χ0n) is 7.33. The lowest BCUT2D eigenvalue weighted by Gasteiger charge is -2.15. The van der Waals surface area contributed by atoms with E-state index in [1.807, 2.05) is 30.3 Å². The molecule has 3 heteroatoms. The van der Waals surface area contributed by atoms with Crippen LogP contribution in [0.2, 0.25) is 0 Å². The molecule has 0 amide bonds. The molecule has 0 bridgehead atoms. The maximum absolute atomic E-state index is 10.7. The Morgan fingerprint density at radius 3 is 2.46 bits per heavy atom. The topological polar surface area (TPSA) is 37.3 Å². The van der Waals surface area contributed by atoms with Crippen molar-refractivity contribution in [2.45, 2.75) is 18.2 Å². The number of carboxylic acid groups (broad SMARTS) is 1. The van der Waals surface area contributed by atoms with Gasteiger partial charge in [-0.25, -0.2) is 0 Å². The number of aliphatic carboxylic acids is 1. The van der Waals surface area contributed by atoms with Crippen LogP contribution in [0.3, 0.4) is 0 Å². The Labute approximate surface area is 82.2 Å². The number of alkyl halides is 1. The van der Waals surface area contributed by atoms with Gasteiger partial charge in [-0.1, -0.05) is 30.3 Å². The third-order valence-electron chi connectivity index (χ3n) is 1.82. The summed E-state index contributed by atoms with van der Waals surface area (Å²) in [5, 5.41) is 8.77.